The smallest absolute Gasteiger partial charge is 0.210 e. The van der Waals surface area contributed by atoms with Crippen LogP contribution >= 0.6 is 0 Å². The number of hydrogen-bond acceptors (Lipinski definition) is 4. The Labute approximate surface area is 113 Å². The van der Waals surface area contributed by atoms with Crippen LogP contribution in [0.2, 0.25) is 0 Å². The molecular formula is C12H18N4O2S. The van der Waals surface area contributed by atoms with Crippen LogP contribution in [-0.2, 0) is 9.84 Å². The maximum absolute atomic E-state index is 11.3. The summed E-state index contributed by atoms with van der Waals surface area (Å²) >= 11 is 0. The lowest BCUT2D eigenvalue weighted by molar-refractivity contribution is 0.547. The molecule has 0 bridgehead atoms. The van der Waals surface area contributed by atoms with Gasteiger partial charge in [0.05, 0.1) is 17.5 Å². The number of rotatable bonds is 2. The molecule has 1 aliphatic heterocycles. The summed E-state index contributed by atoms with van der Waals surface area (Å²) in [7, 11) is -2.86. The third-order valence-corrected chi connectivity index (χ3v) is 4.72. The molecule has 7 heteroatoms. The number of aliphatic imine (C=N–C) groups is 1. The number of benzene rings is 1. The van der Waals surface area contributed by atoms with Crippen molar-refractivity contribution in [2.75, 3.05) is 16.8 Å². The summed E-state index contributed by atoms with van der Waals surface area (Å²) in [4.78, 5) is 4.42. The molecular weight excluding hydrogens is 264 g/mol. The van der Waals surface area contributed by atoms with E-state index in [4.69, 9.17) is 5.84 Å². The number of guanidine groups is 1. The Kier molecular flexibility index (Phi) is 4.39. The molecule has 2 rings (SSSR count). The summed E-state index contributed by atoms with van der Waals surface area (Å²) in [6.45, 7) is 0. The standard InChI is InChI=1S/C12H18N4O2S/c13-16-12(14-10-4-2-1-3-5-10)15-11-6-8-19(17,18)9-7-11/h1-5,11H,6-9,13H2,(H2,14,15,16). The molecule has 6 nitrogen and oxygen atoms in total. The second-order valence-corrected chi connectivity index (χ2v) is 6.80. The minimum atomic E-state index is -2.86. The fourth-order valence-electron chi connectivity index (χ4n) is 1.95. The molecule has 1 fully saturated rings. The van der Waals surface area contributed by atoms with E-state index in [0.717, 1.165) is 5.69 Å². The summed E-state index contributed by atoms with van der Waals surface area (Å²) in [5.41, 5.74) is 3.39. The topological polar surface area (TPSA) is 96.6 Å². The highest BCUT2D eigenvalue weighted by Crippen LogP contribution is 2.15. The quantitative estimate of drug-likeness (QED) is 0.317. The Morgan fingerprint density at radius 3 is 2.42 bits per heavy atom. The van der Waals surface area contributed by atoms with Crippen LogP contribution in [0.5, 0.6) is 0 Å². The van der Waals surface area contributed by atoms with Gasteiger partial charge in [-0.1, -0.05) is 18.2 Å². The van der Waals surface area contributed by atoms with Crippen LogP contribution in [0.25, 0.3) is 0 Å². The van der Waals surface area contributed by atoms with E-state index in [1.54, 1.807) is 0 Å². The van der Waals surface area contributed by atoms with E-state index >= 15 is 0 Å². The molecule has 1 aliphatic rings. The zero-order valence-electron chi connectivity index (χ0n) is 10.5. The van der Waals surface area contributed by atoms with Crippen molar-refractivity contribution < 1.29 is 8.42 Å². The number of nitrogens with two attached hydrogens (primary N) is 1. The molecule has 0 saturated carbocycles. The van der Waals surface area contributed by atoms with Gasteiger partial charge in [0.15, 0.2) is 0 Å². The van der Waals surface area contributed by atoms with Gasteiger partial charge in [0.2, 0.25) is 5.96 Å². The highest BCUT2D eigenvalue weighted by Gasteiger charge is 2.23. The van der Waals surface area contributed by atoms with Gasteiger partial charge >= 0.3 is 0 Å². The lowest BCUT2D eigenvalue weighted by atomic mass is 10.2. The van der Waals surface area contributed by atoms with E-state index in [2.05, 4.69) is 15.7 Å². The minimum Gasteiger partial charge on any atom is -0.325 e. The maximum atomic E-state index is 11.3. The maximum Gasteiger partial charge on any atom is 0.210 e. The van der Waals surface area contributed by atoms with E-state index < -0.39 is 9.84 Å². The Hall–Kier alpha value is -1.60. The monoisotopic (exact) mass is 282 g/mol. The van der Waals surface area contributed by atoms with E-state index in [9.17, 15) is 8.42 Å². The van der Waals surface area contributed by atoms with E-state index in [0.29, 0.717) is 18.8 Å². The summed E-state index contributed by atoms with van der Waals surface area (Å²) in [6.07, 6.45) is 1.09. The van der Waals surface area contributed by atoms with Crippen molar-refractivity contribution in [3.05, 3.63) is 30.3 Å². The van der Waals surface area contributed by atoms with Crippen LogP contribution in [0.1, 0.15) is 12.8 Å². The highest BCUT2D eigenvalue weighted by atomic mass is 32.2. The van der Waals surface area contributed by atoms with Crippen molar-refractivity contribution in [3.8, 4) is 0 Å². The van der Waals surface area contributed by atoms with Crippen molar-refractivity contribution in [1.82, 2.24) is 5.43 Å². The summed E-state index contributed by atoms with van der Waals surface area (Å²) < 4.78 is 22.7. The molecule has 104 valence electrons. The molecule has 19 heavy (non-hydrogen) atoms. The number of sulfone groups is 1. The molecule has 1 saturated heterocycles. The van der Waals surface area contributed by atoms with Crippen molar-refractivity contribution in [2.45, 2.75) is 18.9 Å². The molecule has 0 radical (unpaired) electrons. The van der Waals surface area contributed by atoms with Crippen LogP contribution < -0.4 is 16.6 Å². The first-order valence-corrected chi connectivity index (χ1v) is 7.98. The fourth-order valence-corrected chi connectivity index (χ4v) is 3.42. The number of para-hydroxylation sites is 1. The Bertz CT molecular complexity index is 528. The SMILES string of the molecule is NNC(=NC1CCS(=O)(=O)CC1)Nc1ccccc1. The minimum absolute atomic E-state index is 0.00853. The van der Waals surface area contributed by atoms with Crippen molar-refractivity contribution >= 4 is 21.5 Å². The zero-order chi connectivity index (χ0) is 13.7. The number of hydrazine groups is 1. The largest absolute Gasteiger partial charge is 0.325 e. The Morgan fingerprint density at radius 2 is 1.84 bits per heavy atom. The average Bonchev–Trinajstić information content (AvgIpc) is 2.41. The molecule has 0 atom stereocenters. The second-order valence-electron chi connectivity index (χ2n) is 4.50. The predicted molar refractivity (Wildman–Crippen MR) is 76.5 cm³/mol. The molecule has 0 amide bonds. The van der Waals surface area contributed by atoms with Gasteiger partial charge < -0.3 is 5.32 Å². The highest BCUT2D eigenvalue weighted by molar-refractivity contribution is 7.91. The summed E-state index contributed by atoms with van der Waals surface area (Å²) in [5, 5.41) is 3.06. The van der Waals surface area contributed by atoms with Gasteiger partial charge in [-0.2, -0.15) is 0 Å². The third kappa shape index (κ3) is 4.22. The molecule has 0 unspecified atom stereocenters. The second kappa shape index (κ2) is 6.03. The van der Waals surface area contributed by atoms with Gasteiger partial charge in [-0.15, -0.1) is 0 Å². The first-order valence-electron chi connectivity index (χ1n) is 6.16. The van der Waals surface area contributed by atoms with Gasteiger partial charge in [0.1, 0.15) is 9.84 Å². The molecule has 1 aromatic carbocycles. The van der Waals surface area contributed by atoms with Crippen molar-refractivity contribution in [3.63, 3.8) is 0 Å². The average molecular weight is 282 g/mol. The first kappa shape index (κ1) is 13.8. The molecule has 4 N–H and O–H groups in total. The van der Waals surface area contributed by atoms with Gasteiger partial charge in [-0.05, 0) is 25.0 Å². The van der Waals surface area contributed by atoms with Gasteiger partial charge in [-0.3, -0.25) is 5.43 Å². The van der Waals surface area contributed by atoms with Crippen LogP contribution in [-0.4, -0.2) is 31.9 Å². The number of nitrogens with zero attached hydrogens (tertiary/aromatic N) is 1. The number of anilines is 1. The summed E-state index contributed by atoms with van der Waals surface area (Å²) in [6, 6.07) is 9.53. The van der Waals surface area contributed by atoms with Crippen LogP contribution in [0.3, 0.4) is 0 Å². The van der Waals surface area contributed by atoms with Crippen molar-refractivity contribution in [1.29, 1.82) is 0 Å². The molecule has 0 aliphatic carbocycles. The van der Waals surface area contributed by atoms with Crippen LogP contribution in [0.4, 0.5) is 5.69 Å². The lowest BCUT2D eigenvalue weighted by Crippen LogP contribution is -2.38. The third-order valence-electron chi connectivity index (χ3n) is 3.01. The van der Waals surface area contributed by atoms with Crippen LogP contribution in [0, 0.1) is 0 Å². The van der Waals surface area contributed by atoms with Gasteiger partial charge in [0.25, 0.3) is 0 Å². The Balaban J connectivity index is 2.00. The molecule has 1 aromatic rings. The Morgan fingerprint density at radius 1 is 1.21 bits per heavy atom. The lowest BCUT2D eigenvalue weighted by Gasteiger charge is -2.20. The normalized spacial score (nSPS) is 19.9. The number of hydrogen-bond donors (Lipinski definition) is 3. The van der Waals surface area contributed by atoms with Crippen LogP contribution in [0.15, 0.2) is 35.3 Å². The van der Waals surface area contributed by atoms with Gasteiger partial charge in [-0.25, -0.2) is 19.3 Å². The van der Waals surface area contributed by atoms with E-state index in [1.807, 2.05) is 30.3 Å². The number of nitrogens with one attached hydrogen (secondary N) is 2. The van der Waals surface area contributed by atoms with E-state index in [-0.39, 0.29) is 17.5 Å². The van der Waals surface area contributed by atoms with E-state index in [1.165, 1.54) is 0 Å². The molecule has 1 heterocycles. The summed E-state index contributed by atoms with van der Waals surface area (Å²) in [5.74, 6) is 6.28. The van der Waals surface area contributed by atoms with Crippen molar-refractivity contribution in [2.24, 2.45) is 10.8 Å². The zero-order valence-corrected chi connectivity index (χ0v) is 11.4. The first-order chi connectivity index (χ1) is 9.09. The predicted octanol–water partition coefficient (Wildman–Crippen LogP) is 0.495. The van der Waals surface area contributed by atoms with Gasteiger partial charge in [0, 0.05) is 5.69 Å². The molecule has 0 spiro atoms. The fraction of sp³-hybridized carbons (Fsp3) is 0.417. The molecule has 0 aromatic heterocycles.